The topological polar surface area (TPSA) is 95.3 Å². The molecule has 0 bridgehead atoms. The summed E-state index contributed by atoms with van der Waals surface area (Å²) in [5.41, 5.74) is 3.05. The van der Waals surface area contributed by atoms with Gasteiger partial charge in [-0.05, 0) is 32.9 Å². The Bertz CT molecular complexity index is 978. The molecule has 3 rings (SSSR count). The van der Waals surface area contributed by atoms with Crippen molar-refractivity contribution in [3.8, 4) is 0 Å². The van der Waals surface area contributed by atoms with E-state index in [0.717, 1.165) is 20.9 Å². The number of fused-ring (bicyclic) bond motifs is 1. The maximum Gasteiger partial charge on any atom is 0.332 e. The van der Waals surface area contributed by atoms with Crippen LogP contribution in [0.4, 0.5) is 5.69 Å². The number of amides is 1. The molecule has 0 saturated carbocycles. The first-order valence-electron chi connectivity index (χ1n) is 8.78. The summed E-state index contributed by atoms with van der Waals surface area (Å²) in [6.45, 7) is 5.13. The summed E-state index contributed by atoms with van der Waals surface area (Å²) >= 11 is 1.51. The van der Waals surface area contributed by atoms with E-state index in [1.54, 1.807) is 18.7 Å². The predicted molar refractivity (Wildman–Crippen MR) is 106 cm³/mol. The lowest BCUT2D eigenvalue weighted by molar-refractivity contribution is -0.157. The third kappa shape index (κ3) is 4.55. The van der Waals surface area contributed by atoms with Crippen LogP contribution in [0, 0.1) is 13.8 Å². The number of thiazole rings is 1. The van der Waals surface area contributed by atoms with E-state index in [4.69, 9.17) is 9.47 Å². The average Bonchev–Trinajstić information content (AvgIpc) is 3.17. The molecule has 8 nitrogen and oxygen atoms in total. The van der Waals surface area contributed by atoms with E-state index in [9.17, 15) is 9.59 Å². The Hall–Kier alpha value is -2.78. The lowest BCUT2D eigenvalue weighted by atomic mass is 10.3. The van der Waals surface area contributed by atoms with Crippen molar-refractivity contribution in [1.29, 1.82) is 0 Å². The average molecular weight is 402 g/mol. The van der Waals surface area contributed by atoms with Gasteiger partial charge in [0.05, 0.1) is 33.9 Å². The van der Waals surface area contributed by atoms with Gasteiger partial charge in [-0.1, -0.05) is 12.1 Å². The molecule has 0 aliphatic heterocycles. The molecule has 1 N–H and O–H groups in total. The van der Waals surface area contributed by atoms with Gasteiger partial charge in [-0.15, -0.1) is 11.3 Å². The Morgan fingerprint density at radius 1 is 1.29 bits per heavy atom. The molecule has 1 amide bonds. The first kappa shape index (κ1) is 20.0. The molecule has 0 aliphatic carbocycles. The summed E-state index contributed by atoms with van der Waals surface area (Å²) in [6.07, 6.45) is -0.947. The zero-order valence-corrected chi connectivity index (χ0v) is 17.0. The maximum atomic E-state index is 12.3. The van der Waals surface area contributed by atoms with Gasteiger partial charge in [-0.3, -0.25) is 9.48 Å². The molecular weight excluding hydrogens is 380 g/mol. The summed E-state index contributed by atoms with van der Waals surface area (Å²) < 4.78 is 13.3. The fourth-order valence-electron chi connectivity index (χ4n) is 2.67. The number of aromatic nitrogens is 3. The second-order valence-corrected chi connectivity index (χ2v) is 7.47. The standard InChI is InChI=1S/C19H22N4O4S/c1-11-18(12(2)23(4)22-11)21-19(25)13(3)27-17(24)10-26-9-16-20-14-7-5-6-8-15(14)28-16/h5-8,13H,9-10H2,1-4H3,(H,21,25)/t13-/m1/s1. The Morgan fingerprint density at radius 2 is 2.04 bits per heavy atom. The molecule has 0 radical (unpaired) electrons. The van der Waals surface area contributed by atoms with E-state index < -0.39 is 18.0 Å². The zero-order chi connectivity index (χ0) is 20.3. The van der Waals surface area contributed by atoms with Gasteiger partial charge in [0.2, 0.25) is 0 Å². The number of nitrogens with one attached hydrogen (secondary N) is 1. The largest absolute Gasteiger partial charge is 0.451 e. The summed E-state index contributed by atoms with van der Waals surface area (Å²) in [5.74, 6) is -1.03. The van der Waals surface area contributed by atoms with Crippen LogP contribution >= 0.6 is 11.3 Å². The van der Waals surface area contributed by atoms with Gasteiger partial charge in [0.15, 0.2) is 6.10 Å². The second kappa shape index (κ2) is 8.49. The fraction of sp³-hybridized carbons (Fsp3) is 0.368. The molecule has 9 heteroatoms. The first-order chi connectivity index (χ1) is 13.3. The van der Waals surface area contributed by atoms with Crippen molar-refractivity contribution < 1.29 is 19.1 Å². The molecule has 2 heterocycles. The van der Waals surface area contributed by atoms with Gasteiger partial charge in [-0.25, -0.2) is 9.78 Å². The van der Waals surface area contributed by atoms with Crippen LogP contribution in [0.15, 0.2) is 24.3 Å². The highest BCUT2D eigenvalue weighted by molar-refractivity contribution is 7.18. The highest BCUT2D eigenvalue weighted by Gasteiger charge is 2.21. The third-order valence-corrected chi connectivity index (χ3v) is 5.23. The number of anilines is 1. The number of aryl methyl sites for hydroxylation is 2. The third-order valence-electron chi connectivity index (χ3n) is 4.22. The van der Waals surface area contributed by atoms with E-state index in [-0.39, 0.29) is 13.2 Å². The molecule has 0 saturated heterocycles. The van der Waals surface area contributed by atoms with Gasteiger partial charge in [-0.2, -0.15) is 5.10 Å². The molecule has 0 fully saturated rings. The minimum atomic E-state index is -0.947. The van der Waals surface area contributed by atoms with Gasteiger partial charge in [0.25, 0.3) is 5.91 Å². The quantitative estimate of drug-likeness (QED) is 0.611. The Labute approximate surface area is 166 Å². The Morgan fingerprint density at radius 3 is 2.71 bits per heavy atom. The summed E-state index contributed by atoms with van der Waals surface area (Å²) in [5, 5.41) is 7.77. The second-order valence-electron chi connectivity index (χ2n) is 6.36. The highest BCUT2D eigenvalue weighted by atomic mass is 32.1. The molecule has 1 atom stereocenters. The molecule has 0 spiro atoms. The van der Waals surface area contributed by atoms with E-state index in [2.05, 4.69) is 15.4 Å². The van der Waals surface area contributed by atoms with Crippen molar-refractivity contribution in [3.63, 3.8) is 0 Å². The zero-order valence-electron chi connectivity index (χ0n) is 16.2. The Kier molecular flexibility index (Phi) is 6.05. The molecule has 3 aromatic rings. The number of nitrogens with zero attached hydrogens (tertiary/aromatic N) is 3. The van der Waals surface area contributed by atoms with Crippen LogP contribution in [0.25, 0.3) is 10.2 Å². The molecule has 0 aliphatic rings. The maximum absolute atomic E-state index is 12.3. The number of rotatable bonds is 7. The summed E-state index contributed by atoms with van der Waals surface area (Å²) in [6, 6.07) is 7.78. The van der Waals surface area contributed by atoms with Crippen LogP contribution in [-0.4, -0.2) is 39.4 Å². The van der Waals surface area contributed by atoms with Crippen LogP contribution in [0.3, 0.4) is 0 Å². The van der Waals surface area contributed by atoms with Gasteiger partial charge >= 0.3 is 5.97 Å². The van der Waals surface area contributed by atoms with Gasteiger partial charge < -0.3 is 14.8 Å². The van der Waals surface area contributed by atoms with E-state index in [0.29, 0.717) is 11.4 Å². The highest BCUT2D eigenvalue weighted by Crippen LogP contribution is 2.22. The molecule has 0 unspecified atom stereocenters. The van der Waals surface area contributed by atoms with E-state index in [1.165, 1.54) is 18.3 Å². The molecule has 2 aromatic heterocycles. The van der Waals surface area contributed by atoms with Crippen LogP contribution < -0.4 is 5.32 Å². The van der Waals surface area contributed by atoms with Gasteiger partial charge in [0, 0.05) is 7.05 Å². The fourth-order valence-corrected chi connectivity index (χ4v) is 3.57. The Balaban J connectivity index is 1.46. The van der Waals surface area contributed by atoms with E-state index >= 15 is 0 Å². The molecular formula is C19H22N4O4S. The van der Waals surface area contributed by atoms with Crippen LogP contribution in [-0.2, 0) is 32.7 Å². The van der Waals surface area contributed by atoms with E-state index in [1.807, 2.05) is 31.2 Å². The van der Waals surface area contributed by atoms with Crippen molar-refractivity contribution in [2.45, 2.75) is 33.5 Å². The number of hydrogen-bond donors (Lipinski definition) is 1. The minimum Gasteiger partial charge on any atom is -0.451 e. The molecule has 148 valence electrons. The molecule has 28 heavy (non-hydrogen) atoms. The number of ether oxygens (including phenoxy) is 2. The number of carbonyl (C=O) groups excluding carboxylic acids is 2. The lowest BCUT2D eigenvalue weighted by Gasteiger charge is -2.13. The van der Waals surface area contributed by atoms with Crippen molar-refractivity contribution in [2.75, 3.05) is 11.9 Å². The SMILES string of the molecule is Cc1nn(C)c(C)c1NC(=O)[C@@H](C)OC(=O)COCc1nc2ccccc2s1. The van der Waals surface area contributed by atoms with Crippen molar-refractivity contribution in [1.82, 2.24) is 14.8 Å². The monoisotopic (exact) mass is 402 g/mol. The lowest BCUT2D eigenvalue weighted by Crippen LogP contribution is -2.31. The van der Waals surface area contributed by atoms with Crippen molar-refractivity contribution in [3.05, 3.63) is 40.7 Å². The minimum absolute atomic E-state index is 0.211. The smallest absolute Gasteiger partial charge is 0.332 e. The summed E-state index contributed by atoms with van der Waals surface area (Å²) in [7, 11) is 1.80. The van der Waals surface area contributed by atoms with Crippen LogP contribution in [0.1, 0.15) is 23.3 Å². The number of esters is 1. The number of carbonyl (C=O) groups is 2. The number of benzene rings is 1. The number of para-hydroxylation sites is 1. The van der Waals surface area contributed by atoms with Crippen LogP contribution in [0.5, 0.6) is 0 Å². The van der Waals surface area contributed by atoms with Gasteiger partial charge in [0.1, 0.15) is 11.6 Å². The van der Waals surface area contributed by atoms with Crippen LogP contribution in [0.2, 0.25) is 0 Å². The first-order valence-corrected chi connectivity index (χ1v) is 9.59. The summed E-state index contributed by atoms with van der Waals surface area (Å²) in [4.78, 5) is 28.7. The van der Waals surface area contributed by atoms with Crippen molar-refractivity contribution >= 4 is 39.1 Å². The van der Waals surface area contributed by atoms with Crippen molar-refractivity contribution in [2.24, 2.45) is 7.05 Å². The molecule has 1 aromatic carbocycles. The normalized spacial score (nSPS) is 12.1. The number of hydrogen-bond acceptors (Lipinski definition) is 7. The predicted octanol–water partition coefficient (Wildman–Crippen LogP) is 2.73.